The number of aromatic nitrogens is 1. The lowest BCUT2D eigenvalue weighted by Gasteiger charge is -2.11. The normalized spacial score (nSPS) is 11.5. The smallest absolute Gasteiger partial charge is 0.146 e. The van der Waals surface area contributed by atoms with Crippen LogP contribution in [0, 0.1) is 18.7 Å². The van der Waals surface area contributed by atoms with Gasteiger partial charge in [-0.25, -0.2) is 9.37 Å². The minimum Gasteiger partial charge on any atom is -0.398 e. The van der Waals surface area contributed by atoms with E-state index in [1.165, 1.54) is 38.2 Å². The van der Waals surface area contributed by atoms with E-state index in [2.05, 4.69) is 31.1 Å². The van der Waals surface area contributed by atoms with Crippen LogP contribution in [0.15, 0.2) is 30.5 Å². The molecule has 1 unspecified atom stereocenters. The number of benzene rings is 1. The third kappa shape index (κ3) is 8.61. The van der Waals surface area contributed by atoms with Crippen LogP contribution in [0.5, 0.6) is 0 Å². The highest BCUT2D eigenvalue weighted by atomic mass is 35.5. The molecule has 0 spiro atoms. The Morgan fingerprint density at radius 1 is 1.26 bits per heavy atom. The second-order valence-electron chi connectivity index (χ2n) is 7.00. The third-order valence-corrected chi connectivity index (χ3v) is 4.87. The van der Waals surface area contributed by atoms with Gasteiger partial charge in [-0.15, -0.1) is 0 Å². The SMILES string of the molecule is CCCCCC(C)CC.Cc1cccc(F)c1NCc1cnc(Cl)cc1N. The molecule has 1 heterocycles. The number of nitrogens with two attached hydrogens (primary N) is 1. The molecule has 150 valence electrons. The van der Waals surface area contributed by atoms with E-state index in [1.54, 1.807) is 18.3 Å². The predicted molar refractivity (Wildman–Crippen MR) is 116 cm³/mol. The zero-order valence-corrected chi connectivity index (χ0v) is 17.7. The van der Waals surface area contributed by atoms with E-state index in [4.69, 9.17) is 17.3 Å². The highest BCUT2D eigenvalue weighted by Gasteiger charge is 2.06. The molecular weight excluding hydrogens is 361 g/mol. The van der Waals surface area contributed by atoms with Gasteiger partial charge in [-0.3, -0.25) is 0 Å². The van der Waals surface area contributed by atoms with Gasteiger partial charge in [0.15, 0.2) is 0 Å². The molecular formula is C22H33ClFN3. The van der Waals surface area contributed by atoms with Crippen molar-refractivity contribution in [2.75, 3.05) is 11.1 Å². The summed E-state index contributed by atoms with van der Waals surface area (Å²) in [5, 5.41) is 3.37. The molecule has 27 heavy (non-hydrogen) atoms. The average Bonchev–Trinajstić information content (AvgIpc) is 2.63. The zero-order valence-electron chi connectivity index (χ0n) is 17.0. The lowest BCUT2D eigenvalue weighted by atomic mass is 10.0. The number of hydrogen-bond donors (Lipinski definition) is 2. The number of pyridine rings is 1. The second kappa shape index (κ2) is 12.6. The maximum absolute atomic E-state index is 13.6. The number of para-hydroxylation sites is 1. The topological polar surface area (TPSA) is 50.9 Å². The summed E-state index contributed by atoms with van der Waals surface area (Å²) in [6, 6.07) is 6.51. The van der Waals surface area contributed by atoms with Crippen molar-refractivity contribution < 1.29 is 4.39 Å². The highest BCUT2D eigenvalue weighted by Crippen LogP contribution is 2.21. The Hall–Kier alpha value is -1.81. The van der Waals surface area contributed by atoms with Crippen molar-refractivity contribution in [3.8, 4) is 0 Å². The summed E-state index contributed by atoms with van der Waals surface area (Å²) in [6.45, 7) is 9.12. The van der Waals surface area contributed by atoms with Crippen LogP contribution < -0.4 is 11.1 Å². The van der Waals surface area contributed by atoms with Crippen molar-refractivity contribution in [1.82, 2.24) is 4.98 Å². The first kappa shape index (κ1) is 23.2. The summed E-state index contributed by atoms with van der Waals surface area (Å²) in [7, 11) is 0. The molecule has 5 heteroatoms. The van der Waals surface area contributed by atoms with Gasteiger partial charge in [0, 0.05) is 24.0 Å². The van der Waals surface area contributed by atoms with Gasteiger partial charge in [0.05, 0.1) is 5.69 Å². The van der Waals surface area contributed by atoms with E-state index in [0.717, 1.165) is 17.0 Å². The number of nitrogen functional groups attached to an aromatic ring is 1. The van der Waals surface area contributed by atoms with Crippen LogP contribution in [0.4, 0.5) is 15.8 Å². The fraction of sp³-hybridized carbons (Fsp3) is 0.500. The monoisotopic (exact) mass is 393 g/mol. The molecule has 0 radical (unpaired) electrons. The highest BCUT2D eigenvalue weighted by molar-refractivity contribution is 6.29. The fourth-order valence-electron chi connectivity index (χ4n) is 2.61. The molecule has 0 fully saturated rings. The van der Waals surface area contributed by atoms with Gasteiger partial charge in [-0.05, 0) is 30.5 Å². The zero-order chi connectivity index (χ0) is 20.2. The van der Waals surface area contributed by atoms with Crippen LogP contribution in [0.2, 0.25) is 5.15 Å². The number of anilines is 2. The Morgan fingerprint density at radius 3 is 2.59 bits per heavy atom. The van der Waals surface area contributed by atoms with Crippen LogP contribution in [-0.2, 0) is 6.54 Å². The van der Waals surface area contributed by atoms with Crippen molar-refractivity contribution >= 4 is 23.0 Å². The lowest BCUT2D eigenvalue weighted by Crippen LogP contribution is -2.06. The number of unbranched alkanes of at least 4 members (excludes halogenated alkanes) is 2. The van der Waals surface area contributed by atoms with Crippen molar-refractivity contribution in [2.45, 2.75) is 66.3 Å². The van der Waals surface area contributed by atoms with Crippen LogP contribution in [0.1, 0.15) is 64.0 Å². The molecule has 3 N–H and O–H groups in total. The van der Waals surface area contributed by atoms with Gasteiger partial charge >= 0.3 is 0 Å². The molecule has 0 saturated carbocycles. The molecule has 1 aromatic carbocycles. The molecule has 2 rings (SSSR count). The predicted octanol–water partition coefficient (Wildman–Crippen LogP) is 6.99. The summed E-state index contributed by atoms with van der Waals surface area (Å²) in [6.07, 6.45) is 8.58. The van der Waals surface area contributed by atoms with Crippen molar-refractivity contribution in [1.29, 1.82) is 0 Å². The van der Waals surface area contributed by atoms with Crippen LogP contribution in [-0.4, -0.2) is 4.98 Å². The van der Waals surface area contributed by atoms with Crippen LogP contribution in [0.3, 0.4) is 0 Å². The number of nitrogens with one attached hydrogen (secondary N) is 1. The van der Waals surface area contributed by atoms with E-state index in [0.29, 0.717) is 23.1 Å². The largest absolute Gasteiger partial charge is 0.398 e. The summed E-state index contributed by atoms with van der Waals surface area (Å²) >= 11 is 5.71. The molecule has 0 aliphatic carbocycles. The Bertz CT molecular complexity index is 671. The van der Waals surface area contributed by atoms with Gasteiger partial charge in [0.2, 0.25) is 0 Å². The maximum atomic E-state index is 13.6. The van der Waals surface area contributed by atoms with Crippen molar-refractivity contribution in [3.63, 3.8) is 0 Å². The van der Waals surface area contributed by atoms with Gasteiger partial charge in [-0.2, -0.15) is 0 Å². The molecule has 0 amide bonds. The molecule has 3 nitrogen and oxygen atoms in total. The quantitative estimate of drug-likeness (QED) is 0.375. The summed E-state index contributed by atoms with van der Waals surface area (Å²) in [5.41, 5.74) is 8.44. The van der Waals surface area contributed by atoms with E-state index < -0.39 is 0 Å². The Morgan fingerprint density at radius 2 is 2.00 bits per heavy atom. The van der Waals surface area contributed by atoms with Gasteiger partial charge in [-0.1, -0.05) is 76.6 Å². The van der Waals surface area contributed by atoms with Crippen LogP contribution in [0.25, 0.3) is 0 Å². The van der Waals surface area contributed by atoms with Crippen LogP contribution >= 0.6 is 11.6 Å². The first-order valence-electron chi connectivity index (χ1n) is 9.77. The first-order chi connectivity index (χ1) is 12.9. The minimum absolute atomic E-state index is 0.282. The lowest BCUT2D eigenvalue weighted by molar-refractivity contribution is 0.482. The third-order valence-electron chi connectivity index (χ3n) is 4.66. The Kier molecular flexibility index (Phi) is 10.8. The standard InChI is InChI=1S/C13H13ClFN3.C9H20/c1-8-3-2-4-10(15)13(8)18-7-9-6-17-12(14)5-11(9)16;1-4-6-7-8-9(3)5-2/h2-6,18H,7H2,1H3,(H2,16,17);9H,4-8H2,1-3H3. The number of rotatable bonds is 8. The van der Waals surface area contributed by atoms with E-state index in [-0.39, 0.29) is 5.82 Å². The summed E-state index contributed by atoms with van der Waals surface area (Å²) in [4.78, 5) is 3.95. The Balaban J connectivity index is 0.000000345. The van der Waals surface area contributed by atoms with Crippen molar-refractivity contribution in [3.05, 3.63) is 52.6 Å². The van der Waals surface area contributed by atoms with E-state index in [1.807, 2.05) is 13.0 Å². The fourth-order valence-corrected chi connectivity index (χ4v) is 2.77. The number of aryl methyl sites for hydroxylation is 1. The number of hydrogen-bond acceptors (Lipinski definition) is 3. The van der Waals surface area contributed by atoms with Gasteiger partial charge in [0.1, 0.15) is 11.0 Å². The Labute approximate surface area is 168 Å². The number of nitrogens with zero attached hydrogens (tertiary/aromatic N) is 1. The molecule has 1 aromatic heterocycles. The second-order valence-corrected chi connectivity index (χ2v) is 7.39. The molecule has 0 bridgehead atoms. The average molecular weight is 394 g/mol. The first-order valence-corrected chi connectivity index (χ1v) is 10.2. The van der Waals surface area contributed by atoms with Gasteiger partial charge in [0.25, 0.3) is 0 Å². The molecule has 0 saturated heterocycles. The maximum Gasteiger partial charge on any atom is 0.146 e. The minimum atomic E-state index is -0.282. The molecule has 0 aliphatic heterocycles. The summed E-state index contributed by atoms with van der Waals surface area (Å²) < 4.78 is 13.6. The van der Waals surface area contributed by atoms with E-state index in [9.17, 15) is 4.39 Å². The molecule has 1 atom stereocenters. The van der Waals surface area contributed by atoms with Gasteiger partial charge < -0.3 is 11.1 Å². The van der Waals surface area contributed by atoms with E-state index >= 15 is 0 Å². The molecule has 0 aliphatic rings. The molecule has 2 aromatic rings. The van der Waals surface area contributed by atoms with Crippen molar-refractivity contribution in [2.24, 2.45) is 5.92 Å². The number of halogens is 2. The summed E-state index contributed by atoms with van der Waals surface area (Å²) in [5.74, 6) is 0.673.